The summed E-state index contributed by atoms with van der Waals surface area (Å²) >= 11 is 0. The molecule has 0 unspecified atom stereocenters. The van der Waals surface area contributed by atoms with E-state index in [2.05, 4.69) is 0 Å². The second-order valence-electron chi connectivity index (χ2n) is 4.84. The predicted octanol–water partition coefficient (Wildman–Crippen LogP) is 1.84. The molecule has 0 radical (unpaired) electrons. The van der Waals surface area contributed by atoms with E-state index in [1.165, 1.54) is 24.3 Å². The molecule has 20 heavy (non-hydrogen) atoms. The van der Waals surface area contributed by atoms with Crippen LogP contribution in [-0.2, 0) is 6.42 Å². The minimum atomic E-state index is -0.817. The first kappa shape index (κ1) is 12.6. The summed E-state index contributed by atoms with van der Waals surface area (Å²) in [5.41, 5.74) is 1.19. The number of aliphatic hydroxyl groups is 1. The summed E-state index contributed by atoms with van der Waals surface area (Å²) in [6.07, 6.45) is -1.20. The van der Waals surface area contributed by atoms with Crippen LogP contribution in [0.1, 0.15) is 17.2 Å². The summed E-state index contributed by atoms with van der Waals surface area (Å²) in [4.78, 5) is 0. The molecule has 3 rings (SSSR count). The number of rotatable bonds is 1. The van der Waals surface area contributed by atoms with E-state index in [0.717, 1.165) is 0 Å². The maximum Gasteiger partial charge on any atom is 0.150 e. The quantitative estimate of drug-likeness (QED) is 0.637. The summed E-state index contributed by atoms with van der Waals surface area (Å²) in [5.74, 6) is 0.297. The van der Waals surface area contributed by atoms with E-state index in [9.17, 15) is 20.4 Å². The standard InChI is InChI=1S/C15H14O5/c16-9-3-1-8(2-4-9)15-13(19)7-11-12(18)5-10(17)6-14(11)20-15/h1-6,13,15-19H,7H2/t13-,15+/m0/s1. The predicted molar refractivity (Wildman–Crippen MR) is 71.0 cm³/mol. The smallest absolute Gasteiger partial charge is 0.150 e. The van der Waals surface area contributed by atoms with Gasteiger partial charge >= 0.3 is 0 Å². The number of fused-ring (bicyclic) bond motifs is 1. The first-order chi connectivity index (χ1) is 9.54. The molecule has 5 heteroatoms. The number of ether oxygens (including phenoxy) is 1. The highest BCUT2D eigenvalue weighted by Crippen LogP contribution is 2.41. The highest BCUT2D eigenvalue weighted by molar-refractivity contribution is 5.51. The van der Waals surface area contributed by atoms with Crippen LogP contribution >= 0.6 is 0 Å². The van der Waals surface area contributed by atoms with Crippen molar-refractivity contribution in [1.82, 2.24) is 0 Å². The molecule has 0 saturated carbocycles. The lowest BCUT2D eigenvalue weighted by Crippen LogP contribution is -2.30. The Labute approximate surface area is 115 Å². The van der Waals surface area contributed by atoms with Gasteiger partial charge in [0.25, 0.3) is 0 Å². The molecular formula is C15H14O5. The number of hydrogen-bond donors (Lipinski definition) is 4. The monoisotopic (exact) mass is 274 g/mol. The molecule has 0 aliphatic carbocycles. The Morgan fingerprint density at radius 1 is 0.950 bits per heavy atom. The van der Waals surface area contributed by atoms with Crippen LogP contribution < -0.4 is 4.74 Å². The molecule has 0 fully saturated rings. The first-order valence-electron chi connectivity index (χ1n) is 6.23. The summed E-state index contributed by atoms with van der Waals surface area (Å²) in [7, 11) is 0. The summed E-state index contributed by atoms with van der Waals surface area (Å²) < 4.78 is 5.68. The van der Waals surface area contributed by atoms with E-state index in [1.54, 1.807) is 12.1 Å². The number of aromatic hydroxyl groups is 3. The summed E-state index contributed by atoms with van der Waals surface area (Å²) in [6, 6.07) is 8.99. The molecule has 0 saturated heterocycles. The third-order valence-electron chi connectivity index (χ3n) is 3.41. The molecule has 2 atom stereocenters. The van der Waals surface area contributed by atoms with Crippen molar-refractivity contribution in [2.45, 2.75) is 18.6 Å². The van der Waals surface area contributed by atoms with Crippen LogP contribution in [0.2, 0.25) is 0 Å². The second kappa shape index (κ2) is 4.61. The lowest BCUT2D eigenvalue weighted by Gasteiger charge is -2.31. The van der Waals surface area contributed by atoms with Gasteiger partial charge in [-0.25, -0.2) is 0 Å². The molecule has 1 aliphatic rings. The maximum absolute atomic E-state index is 10.2. The zero-order valence-electron chi connectivity index (χ0n) is 10.5. The van der Waals surface area contributed by atoms with Crippen LogP contribution in [0.25, 0.3) is 0 Å². The van der Waals surface area contributed by atoms with Gasteiger partial charge in [0.05, 0.1) is 6.10 Å². The Bertz CT molecular complexity index is 635. The fraction of sp³-hybridized carbons (Fsp3) is 0.200. The zero-order valence-corrected chi connectivity index (χ0v) is 10.5. The van der Waals surface area contributed by atoms with Gasteiger partial charge in [0.15, 0.2) is 0 Å². The van der Waals surface area contributed by atoms with Crippen LogP contribution in [0.3, 0.4) is 0 Å². The third kappa shape index (κ3) is 2.12. The molecule has 2 aromatic carbocycles. The van der Waals surface area contributed by atoms with Gasteiger partial charge < -0.3 is 25.2 Å². The molecule has 5 nitrogen and oxygen atoms in total. The molecular weight excluding hydrogens is 260 g/mol. The van der Waals surface area contributed by atoms with Crippen molar-refractivity contribution < 1.29 is 25.2 Å². The van der Waals surface area contributed by atoms with Crippen molar-refractivity contribution in [3.63, 3.8) is 0 Å². The summed E-state index contributed by atoms with van der Waals surface area (Å²) in [5, 5.41) is 38.7. The van der Waals surface area contributed by atoms with Crippen molar-refractivity contribution in [2.75, 3.05) is 0 Å². The van der Waals surface area contributed by atoms with Gasteiger partial charge in [-0.2, -0.15) is 0 Å². The van der Waals surface area contributed by atoms with Crippen LogP contribution in [0.4, 0.5) is 0 Å². The highest BCUT2D eigenvalue weighted by Gasteiger charge is 2.31. The lowest BCUT2D eigenvalue weighted by molar-refractivity contribution is 0.0198. The molecule has 4 N–H and O–H groups in total. The van der Waals surface area contributed by atoms with E-state index >= 15 is 0 Å². The first-order valence-corrected chi connectivity index (χ1v) is 6.23. The molecule has 1 heterocycles. The van der Waals surface area contributed by atoms with Crippen molar-refractivity contribution in [2.24, 2.45) is 0 Å². The van der Waals surface area contributed by atoms with Gasteiger partial charge in [0.1, 0.15) is 29.1 Å². The van der Waals surface area contributed by atoms with Crippen LogP contribution in [-0.4, -0.2) is 26.5 Å². The molecule has 104 valence electrons. The molecule has 2 aromatic rings. The van der Waals surface area contributed by atoms with Crippen molar-refractivity contribution in [3.8, 4) is 23.0 Å². The van der Waals surface area contributed by atoms with E-state index in [1.807, 2.05) is 0 Å². The van der Waals surface area contributed by atoms with Crippen molar-refractivity contribution in [1.29, 1.82) is 0 Å². The number of hydrogen-bond acceptors (Lipinski definition) is 5. The zero-order chi connectivity index (χ0) is 14.3. The van der Waals surface area contributed by atoms with E-state index in [-0.39, 0.29) is 23.7 Å². The van der Waals surface area contributed by atoms with Crippen LogP contribution in [0, 0.1) is 0 Å². The Hall–Kier alpha value is -2.40. The average Bonchev–Trinajstić information content (AvgIpc) is 2.40. The van der Waals surface area contributed by atoms with Crippen molar-refractivity contribution in [3.05, 3.63) is 47.5 Å². The van der Waals surface area contributed by atoms with Gasteiger partial charge in [-0.05, 0) is 17.7 Å². The van der Waals surface area contributed by atoms with E-state index < -0.39 is 12.2 Å². The SMILES string of the molecule is Oc1ccc([C@H]2Oc3cc(O)cc(O)c3C[C@@H]2O)cc1. The summed E-state index contributed by atoms with van der Waals surface area (Å²) in [6.45, 7) is 0. The Kier molecular flexibility index (Phi) is 2.91. The fourth-order valence-electron chi connectivity index (χ4n) is 2.41. The van der Waals surface area contributed by atoms with Gasteiger partial charge in [-0.15, -0.1) is 0 Å². The topological polar surface area (TPSA) is 90.2 Å². The number of phenols is 3. The number of aliphatic hydroxyl groups excluding tert-OH is 1. The van der Waals surface area contributed by atoms with Gasteiger partial charge in [0, 0.05) is 24.1 Å². The largest absolute Gasteiger partial charge is 0.508 e. The minimum Gasteiger partial charge on any atom is -0.508 e. The third-order valence-corrected chi connectivity index (χ3v) is 3.41. The maximum atomic E-state index is 10.2. The van der Waals surface area contributed by atoms with E-state index in [0.29, 0.717) is 16.9 Å². The lowest BCUT2D eigenvalue weighted by atomic mass is 9.94. The Balaban J connectivity index is 1.98. The molecule has 0 aromatic heterocycles. The second-order valence-corrected chi connectivity index (χ2v) is 4.84. The molecule has 0 amide bonds. The molecule has 0 spiro atoms. The van der Waals surface area contributed by atoms with Gasteiger partial charge in [-0.3, -0.25) is 0 Å². The Morgan fingerprint density at radius 3 is 2.35 bits per heavy atom. The normalized spacial score (nSPS) is 21.1. The fourth-order valence-corrected chi connectivity index (χ4v) is 2.41. The minimum absolute atomic E-state index is 0.0943. The van der Waals surface area contributed by atoms with Gasteiger partial charge in [-0.1, -0.05) is 12.1 Å². The molecule has 0 bridgehead atoms. The number of phenolic OH excluding ortho intramolecular Hbond substituents is 3. The number of benzene rings is 2. The Morgan fingerprint density at radius 2 is 1.65 bits per heavy atom. The molecule has 1 aliphatic heterocycles. The highest BCUT2D eigenvalue weighted by atomic mass is 16.5. The van der Waals surface area contributed by atoms with Crippen molar-refractivity contribution >= 4 is 0 Å². The average molecular weight is 274 g/mol. The van der Waals surface area contributed by atoms with Crippen LogP contribution in [0.15, 0.2) is 36.4 Å². The van der Waals surface area contributed by atoms with Crippen LogP contribution in [0.5, 0.6) is 23.0 Å². The van der Waals surface area contributed by atoms with E-state index in [4.69, 9.17) is 4.74 Å². The van der Waals surface area contributed by atoms with Gasteiger partial charge in [0.2, 0.25) is 0 Å².